The van der Waals surface area contributed by atoms with Gasteiger partial charge in [0.15, 0.2) is 0 Å². The molecule has 3 aliphatic rings. The van der Waals surface area contributed by atoms with Crippen LogP contribution in [0.3, 0.4) is 0 Å². The molecule has 0 radical (unpaired) electrons. The van der Waals surface area contributed by atoms with Crippen LogP contribution in [0, 0.1) is 12.8 Å². The Morgan fingerprint density at radius 1 is 1.19 bits per heavy atom. The summed E-state index contributed by atoms with van der Waals surface area (Å²) in [7, 11) is 2.15. The van der Waals surface area contributed by atoms with Crippen LogP contribution in [0.15, 0.2) is 59.9 Å². The lowest BCUT2D eigenvalue weighted by Crippen LogP contribution is -2.54. The molecule has 3 unspecified atom stereocenters. The summed E-state index contributed by atoms with van der Waals surface area (Å²) in [6.07, 6.45) is 3.71. The molecule has 2 amide bonds. The SMILES string of the molecule is Cc1cc(C2NNC3=C2CN(C(=O)NC2CC(C)CN(Cc4cc5ccccc5n4C)C2)CC3)ccn1. The van der Waals surface area contributed by atoms with Crippen molar-refractivity contribution >= 4 is 16.9 Å². The van der Waals surface area contributed by atoms with Crippen molar-refractivity contribution in [1.29, 1.82) is 0 Å². The zero-order valence-electron chi connectivity index (χ0n) is 22.0. The summed E-state index contributed by atoms with van der Waals surface area (Å²) >= 11 is 0. The van der Waals surface area contributed by atoms with E-state index in [1.807, 2.05) is 18.0 Å². The Balaban J connectivity index is 1.10. The van der Waals surface area contributed by atoms with Crippen LogP contribution in [-0.4, -0.2) is 57.6 Å². The van der Waals surface area contributed by atoms with Gasteiger partial charge in [0.25, 0.3) is 0 Å². The fourth-order valence-electron chi connectivity index (χ4n) is 6.34. The van der Waals surface area contributed by atoms with Crippen molar-refractivity contribution in [1.82, 2.24) is 35.5 Å². The molecule has 3 N–H and O–H groups in total. The van der Waals surface area contributed by atoms with Gasteiger partial charge in [-0.15, -0.1) is 0 Å². The van der Waals surface area contributed by atoms with Crippen LogP contribution in [0.2, 0.25) is 0 Å². The second kappa shape index (κ2) is 9.84. The summed E-state index contributed by atoms with van der Waals surface area (Å²) in [4.78, 5) is 22.2. The van der Waals surface area contributed by atoms with E-state index in [0.717, 1.165) is 44.7 Å². The Kier molecular flexibility index (Phi) is 6.38. The Morgan fingerprint density at radius 2 is 2.05 bits per heavy atom. The van der Waals surface area contributed by atoms with Gasteiger partial charge in [-0.3, -0.25) is 9.88 Å². The van der Waals surface area contributed by atoms with Crippen LogP contribution in [0.1, 0.15) is 42.8 Å². The highest BCUT2D eigenvalue weighted by Crippen LogP contribution is 2.32. The van der Waals surface area contributed by atoms with Crippen LogP contribution < -0.4 is 16.2 Å². The van der Waals surface area contributed by atoms with Crippen LogP contribution in [0.25, 0.3) is 10.9 Å². The molecule has 6 rings (SSSR count). The second-order valence-corrected chi connectivity index (χ2v) is 11.0. The molecule has 8 nitrogen and oxygen atoms in total. The lowest BCUT2D eigenvalue weighted by molar-refractivity contribution is 0.134. The highest BCUT2D eigenvalue weighted by atomic mass is 16.2. The molecule has 1 aromatic carbocycles. The summed E-state index contributed by atoms with van der Waals surface area (Å²) in [5.74, 6) is 0.534. The zero-order chi connectivity index (χ0) is 25.5. The van der Waals surface area contributed by atoms with Gasteiger partial charge in [-0.2, -0.15) is 0 Å². The fraction of sp³-hybridized carbons (Fsp3) is 0.448. The van der Waals surface area contributed by atoms with Crippen LogP contribution in [-0.2, 0) is 13.6 Å². The smallest absolute Gasteiger partial charge is 0.317 e. The maximum atomic E-state index is 13.4. The van der Waals surface area contributed by atoms with Gasteiger partial charge in [-0.05, 0) is 60.1 Å². The lowest BCUT2D eigenvalue weighted by atomic mass is 9.95. The van der Waals surface area contributed by atoms with Gasteiger partial charge in [0.05, 0.1) is 6.04 Å². The molecular weight excluding hydrogens is 462 g/mol. The van der Waals surface area contributed by atoms with E-state index >= 15 is 0 Å². The predicted octanol–water partition coefficient (Wildman–Crippen LogP) is 3.61. The Morgan fingerprint density at radius 3 is 2.89 bits per heavy atom. The number of hydrazine groups is 1. The number of carbonyl (C=O) groups is 1. The highest BCUT2D eigenvalue weighted by molar-refractivity contribution is 5.81. The van der Waals surface area contributed by atoms with Gasteiger partial charge in [0.1, 0.15) is 0 Å². The third-order valence-corrected chi connectivity index (χ3v) is 8.14. The molecule has 0 spiro atoms. The molecule has 3 aliphatic heterocycles. The van der Waals surface area contributed by atoms with Gasteiger partial charge >= 0.3 is 6.03 Å². The fourth-order valence-corrected chi connectivity index (χ4v) is 6.34. The first-order chi connectivity index (χ1) is 17.9. The number of para-hydroxylation sites is 1. The van der Waals surface area contributed by atoms with Crippen molar-refractivity contribution < 1.29 is 4.79 Å². The summed E-state index contributed by atoms with van der Waals surface area (Å²) in [5, 5.41) is 4.67. The number of urea groups is 1. The monoisotopic (exact) mass is 499 g/mol. The molecule has 8 heteroatoms. The molecule has 37 heavy (non-hydrogen) atoms. The number of likely N-dealkylation sites (tertiary alicyclic amines) is 1. The molecule has 3 aromatic rings. The van der Waals surface area contributed by atoms with Gasteiger partial charge in [0.2, 0.25) is 0 Å². The summed E-state index contributed by atoms with van der Waals surface area (Å²) < 4.78 is 2.30. The molecule has 2 aromatic heterocycles. The minimum atomic E-state index is 0.0479. The number of hydrogen-bond donors (Lipinski definition) is 3. The average molecular weight is 500 g/mol. The largest absolute Gasteiger partial charge is 0.346 e. The van der Waals surface area contributed by atoms with Gasteiger partial charge in [-0.25, -0.2) is 10.2 Å². The van der Waals surface area contributed by atoms with E-state index in [9.17, 15) is 4.79 Å². The molecule has 194 valence electrons. The quantitative estimate of drug-likeness (QED) is 0.511. The van der Waals surface area contributed by atoms with E-state index in [1.165, 1.54) is 33.4 Å². The summed E-state index contributed by atoms with van der Waals surface area (Å²) in [6, 6.07) is 15.3. The van der Waals surface area contributed by atoms with Crippen LogP contribution >= 0.6 is 0 Å². The highest BCUT2D eigenvalue weighted by Gasteiger charge is 2.34. The van der Waals surface area contributed by atoms with E-state index in [-0.39, 0.29) is 18.1 Å². The Labute approximate surface area is 218 Å². The maximum absolute atomic E-state index is 13.4. The topological polar surface area (TPSA) is 77.5 Å². The second-order valence-electron chi connectivity index (χ2n) is 11.0. The summed E-state index contributed by atoms with van der Waals surface area (Å²) in [6.45, 7) is 8.49. The molecule has 1 fully saturated rings. The number of hydrogen-bond acceptors (Lipinski definition) is 5. The first-order valence-electron chi connectivity index (χ1n) is 13.4. The van der Waals surface area contributed by atoms with Gasteiger partial charge in [-0.1, -0.05) is 25.1 Å². The van der Waals surface area contributed by atoms with Crippen LogP contribution in [0.4, 0.5) is 4.79 Å². The lowest BCUT2D eigenvalue weighted by Gasteiger charge is -2.38. The van der Waals surface area contributed by atoms with Crippen molar-refractivity contribution in [3.05, 3.63) is 76.9 Å². The minimum absolute atomic E-state index is 0.0479. The maximum Gasteiger partial charge on any atom is 0.317 e. The molecule has 1 saturated heterocycles. The number of aromatic nitrogens is 2. The molecule has 3 atom stereocenters. The number of aryl methyl sites for hydroxylation is 2. The predicted molar refractivity (Wildman–Crippen MR) is 145 cm³/mol. The number of fused-ring (bicyclic) bond motifs is 1. The first kappa shape index (κ1) is 24.0. The van der Waals surface area contributed by atoms with Crippen molar-refractivity contribution in [2.24, 2.45) is 13.0 Å². The average Bonchev–Trinajstić information content (AvgIpc) is 3.44. The Bertz CT molecular complexity index is 1350. The van der Waals surface area contributed by atoms with Crippen molar-refractivity contribution in [3.63, 3.8) is 0 Å². The van der Waals surface area contributed by atoms with E-state index in [0.29, 0.717) is 12.5 Å². The number of amides is 2. The molecule has 5 heterocycles. The van der Waals surface area contributed by atoms with Crippen molar-refractivity contribution in [3.8, 4) is 0 Å². The third kappa shape index (κ3) is 4.83. The third-order valence-electron chi connectivity index (χ3n) is 8.14. The number of benzene rings is 1. The van der Waals surface area contributed by atoms with Gasteiger partial charge in [0, 0.05) is 81.0 Å². The van der Waals surface area contributed by atoms with E-state index in [4.69, 9.17) is 0 Å². The first-order valence-corrected chi connectivity index (χ1v) is 13.4. The number of rotatable bonds is 4. The molecule has 0 aliphatic carbocycles. The Hall–Kier alpha value is -3.36. The number of pyridine rings is 1. The number of nitrogens with zero attached hydrogens (tertiary/aromatic N) is 4. The number of piperidine rings is 1. The number of carbonyl (C=O) groups excluding carboxylic acids is 1. The van der Waals surface area contributed by atoms with E-state index in [1.54, 1.807) is 0 Å². The van der Waals surface area contributed by atoms with Crippen molar-refractivity contribution in [2.45, 2.75) is 45.3 Å². The van der Waals surface area contributed by atoms with E-state index in [2.05, 4.69) is 87.1 Å². The normalized spacial score (nSPS) is 24.3. The standard InChI is InChI=1S/C29H37N7O/c1-19-12-23(16-35(15-19)17-24-14-21-6-4-5-7-27(21)34(24)3)31-29(37)36-11-9-26-25(18-36)28(33-32-26)22-8-10-30-20(2)13-22/h4-8,10,13-14,19,23,28,32-33H,9,11-12,15-18H2,1-3H3,(H,31,37). The molecule has 0 saturated carbocycles. The minimum Gasteiger partial charge on any atom is -0.346 e. The van der Waals surface area contributed by atoms with Crippen molar-refractivity contribution in [2.75, 3.05) is 26.2 Å². The molecule has 0 bridgehead atoms. The van der Waals surface area contributed by atoms with E-state index < -0.39 is 0 Å². The number of nitrogens with one attached hydrogen (secondary N) is 3. The zero-order valence-corrected chi connectivity index (χ0v) is 22.0. The summed E-state index contributed by atoms with van der Waals surface area (Å²) in [5.41, 5.74) is 14.0. The van der Waals surface area contributed by atoms with Gasteiger partial charge < -0.3 is 20.2 Å². The molecular formula is C29H37N7O. The van der Waals surface area contributed by atoms with Crippen LogP contribution in [0.5, 0.6) is 0 Å².